The van der Waals surface area contributed by atoms with Crippen molar-refractivity contribution in [3.63, 3.8) is 0 Å². The summed E-state index contributed by atoms with van der Waals surface area (Å²) in [7, 11) is 1.43. The highest BCUT2D eigenvalue weighted by atomic mass is 79.9. The maximum absolute atomic E-state index is 11.6. The third-order valence-electron chi connectivity index (χ3n) is 3.01. The van der Waals surface area contributed by atoms with Gasteiger partial charge in [-0.3, -0.25) is 4.79 Å². The monoisotopic (exact) mass is 313 g/mol. The Bertz CT molecular complexity index is 418. The van der Waals surface area contributed by atoms with Crippen LogP contribution >= 0.6 is 15.9 Å². The van der Waals surface area contributed by atoms with Gasteiger partial charge in [0.1, 0.15) is 0 Å². The van der Waals surface area contributed by atoms with Crippen LogP contribution in [0.3, 0.4) is 0 Å². The first-order chi connectivity index (χ1) is 8.45. The number of esters is 1. The van der Waals surface area contributed by atoms with Gasteiger partial charge in [-0.25, -0.2) is 0 Å². The fraction of sp³-hybridized carbons (Fsp3) is 0.500. The number of ether oxygens (including phenoxy) is 1. The SMILES string of the molecule is COC(=O)C(CNc1ccc(Br)cc1C)C(C)C. The Kier molecular flexibility index (Phi) is 5.66. The fourth-order valence-corrected chi connectivity index (χ4v) is 2.26. The van der Waals surface area contributed by atoms with Crippen LogP contribution in [0.5, 0.6) is 0 Å². The van der Waals surface area contributed by atoms with Gasteiger partial charge in [0.05, 0.1) is 13.0 Å². The van der Waals surface area contributed by atoms with E-state index in [-0.39, 0.29) is 17.8 Å². The second kappa shape index (κ2) is 6.78. The second-order valence-electron chi connectivity index (χ2n) is 4.71. The molecule has 0 amide bonds. The minimum atomic E-state index is -0.160. The number of anilines is 1. The number of hydrogen-bond donors (Lipinski definition) is 1. The van der Waals surface area contributed by atoms with Gasteiger partial charge in [0.15, 0.2) is 0 Å². The Morgan fingerprint density at radius 3 is 2.61 bits per heavy atom. The van der Waals surface area contributed by atoms with Crippen molar-refractivity contribution < 1.29 is 9.53 Å². The Balaban J connectivity index is 2.70. The molecule has 4 heteroatoms. The van der Waals surface area contributed by atoms with E-state index < -0.39 is 0 Å². The Labute approximate surface area is 117 Å². The molecule has 1 unspecified atom stereocenters. The van der Waals surface area contributed by atoms with Gasteiger partial charge >= 0.3 is 5.97 Å². The number of aryl methyl sites for hydroxylation is 1. The zero-order valence-corrected chi connectivity index (χ0v) is 12.9. The highest BCUT2D eigenvalue weighted by Crippen LogP contribution is 2.21. The molecule has 100 valence electrons. The molecule has 0 bridgehead atoms. The normalized spacial score (nSPS) is 12.3. The third kappa shape index (κ3) is 4.02. The van der Waals surface area contributed by atoms with E-state index in [1.165, 1.54) is 7.11 Å². The summed E-state index contributed by atoms with van der Waals surface area (Å²) in [6, 6.07) is 6.04. The number of carbonyl (C=O) groups is 1. The largest absolute Gasteiger partial charge is 0.469 e. The molecular formula is C14H20BrNO2. The fourth-order valence-electron chi connectivity index (χ4n) is 1.79. The van der Waals surface area contributed by atoms with E-state index in [4.69, 9.17) is 4.74 Å². The average Bonchev–Trinajstić information content (AvgIpc) is 2.31. The number of halogens is 1. The van der Waals surface area contributed by atoms with Crippen LogP contribution in [0, 0.1) is 18.8 Å². The van der Waals surface area contributed by atoms with Gasteiger partial charge in [0, 0.05) is 16.7 Å². The standard InChI is InChI=1S/C14H20BrNO2/c1-9(2)12(14(17)18-4)8-16-13-6-5-11(15)7-10(13)3/h5-7,9,12,16H,8H2,1-4H3. The highest BCUT2D eigenvalue weighted by Gasteiger charge is 2.22. The van der Waals surface area contributed by atoms with Gasteiger partial charge in [-0.15, -0.1) is 0 Å². The van der Waals surface area contributed by atoms with Crippen molar-refractivity contribution in [3.05, 3.63) is 28.2 Å². The molecule has 0 aliphatic rings. The lowest BCUT2D eigenvalue weighted by Crippen LogP contribution is -2.29. The molecule has 18 heavy (non-hydrogen) atoms. The summed E-state index contributed by atoms with van der Waals surface area (Å²) in [4.78, 5) is 11.6. The molecule has 0 radical (unpaired) electrons. The van der Waals surface area contributed by atoms with Crippen molar-refractivity contribution in [3.8, 4) is 0 Å². The van der Waals surface area contributed by atoms with Gasteiger partial charge in [0.2, 0.25) is 0 Å². The van der Waals surface area contributed by atoms with Crippen molar-refractivity contribution in [1.82, 2.24) is 0 Å². The highest BCUT2D eigenvalue weighted by molar-refractivity contribution is 9.10. The molecule has 3 nitrogen and oxygen atoms in total. The van der Waals surface area contributed by atoms with Crippen LogP contribution in [-0.4, -0.2) is 19.6 Å². The van der Waals surface area contributed by atoms with Crippen molar-refractivity contribution >= 4 is 27.6 Å². The van der Waals surface area contributed by atoms with Crippen molar-refractivity contribution in [1.29, 1.82) is 0 Å². The molecule has 0 aliphatic carbocycles. The molecule has 0 saturated heterocycles. The lowest BCUT2D eigenvalue weighted by molar-refractivity contribution is -0.146. The van der Waals surface area contributed by atoms with Crippen LogP contribution in [0.25, 0.3) is 0 Å². The zero-order chi connectivity index (χ0) is 13.7. The maximum Gasteiger partial charge on any atom is 0.310 e. The molecule has 0 fully saturated rings. The summed E-state index contributed by atoms with van der Waals surface area (Å²) in [5.41, 5.74) is 2.20. The van der Waals surface area contributed by atoms with E-state index in [0.29, 0.717) is 6.54 Å². The molecular weight excluding hydrogens is 294 g/mol. The first-order valence-electron chi connectivity index (χ1n) is 6.03. The zero-order valence-electron chi connectivity index (χ0n) is 11.3. The number of hydrogen-bond acceptors (Lipinski definition) is 3. The number of methoxy groups -OCH3 is 1. The smallest absolute Gasteiger partial charge is 0.310 e. The molecule has 1 aromatic carbocycles. The van der Waals surface area contributed by atoms with Gasteiger partial charge in [-0.05, 0) is 36.6 Å². The summed E-state index contributed by atoms with van der Waals surface area (Å²) >= 11 is 3.43. The van der Waals surface area contributed by atoms with E-state index in [2.05, 4.69) is 21.2 Å². The number of carbonyl (C=O) groups excluding carboxylic acids is 1. The molecule has 0 saturated carbocycles. The minimum Gasteiger partial charge on any atom is -0.469 e. The van der Waals surface area contributed by atoms with Crippen LogP contribution < -0.4 is 5.32 Å². The summed E-state index contributed by atoms with van der Waals surface area (Å²) in [5.74, 6) is -0.0361. The summed E-state index contributed by atoms with van der Waals surface area (Å²) in [6.07, 6.45) is 0. The molecule has 1 N–H and O–H groups in total. The molecule has 1 aromatic rings. The van der Waals surface area contributed by atoms with E-state index in [0.717, 1.165) is 15.7 Å². The number of nitrogens with one attached hydrogen (secondary N) is 1. The Hall–Kier alpha value is -1.03. The number of rotatable bonds is 5. The topological polar surface area (TPSA) is 38.3 Å². The van der Waals surface area contributed by atoms with E-state index in [1.807, 2.05) is 39.0 Å². The molecule has 0 heterocycles. The van der Waals surface area contributed by atoms with E-state index in [1.54, 1.807) is 0 Å². The maximum atomic E-state index is 11.6. The predicted octanol–water partition coefficient (Wildman–Crippen LogP) is 3.61. The number of benzene rings is 1. The van der Waals surface area contributed by atoms with Crippen LogP contribution in [0.15, 0.2) is 22.7 Å². The van der Waals surface area contributed by atoms with Crippen LogP contribution in [0.2, 0.25) is 0 Å². The molecule has 0 spiro atoms. The second-order valence-corrected chi connectivity index (χ2v) is 5.63. The van der Waals surface area contributed by atoms with Gasteiger partial charge in [0.25, 0.3) is 0 Å². The third-order valence-corrected chi connectivity index (χ3v) is 3.50. The first kappa shape index (κ1) is 15.0. The van der Waals surface area contributed by atoms with Crippen molar-refractivity contribution in [2.24, 2.45) is 11.8 Å². The molecule has 1 rings (SSSR count). The van der Waals surface area contributed by atoms with Gasteiger partial charge < -0.3 is 10.1 Å². The molecule has 1 atom stereocenters. The minimum absolute atomic E-state index is 0.127. The van der Waals surface area contributed by atoms with E-state index in [9.17, 15) is 4.79 Å². The molecule has 0 aromatic heterocycles. The molecule has 0 aliphatic heterocycles. The van der Waals surface area contributed by atoms with Crippen LogP contribution in [0.1, 0.15) is 19.4 Å². The first-order valence-corrected chi connectivity index (χ1v) is 6.83. The Morgan fingerprint density at radius 2 is 2.11 bits per heavy atom. The Morgan fingerprint density at radius 1 is 1.44 bits per heavy atom. The average molecular weight is 314 g/mol. The lowest BCUT2D eigenvalue weighted by Gasteiger charge is -2.20. The van der Waals surface area contributed by atoms with Crippen molar-refractivity contribution in [2.45, 2.75) is 20.8 Å². The summed E-state index contributed by atoms with van der Waals surface area (Å²) in [5, 5.41) is 3.32. The quantitative estimate of drug-likeness (QED) is 0.844. The predicted molar refractivity (Wildman–Crippen MR) is 77.7 cm³/mol. The van der Waals surface area contributed by atoms with Crippen LogP contribution in [0.4, 0.5) is 5.69 Å². The van der Waals surface area contributed by atoms with Crippen LogP contribution in [-0.2, 0) is 9.53 Å². The summed E-state index contributed by atoms with van der Waals surface area (Å²) in [6.45, 7) is 6.68. The van der Waals surface area contributed by atoms with Gasteiger partial charge in [-0.2, -0.15) is 0 Å². The van der Waals surface area contributed by atoms with Gasteiger partial charge in [-0.1, -0.05) is 29.8 Å². The van der Waals surface area contributed by atoms with E-state index >= 15 is 0 Å². The summed E-state index contributed by atoms with van der Waals surface area (Å²) < 4.78 is 5.88. The lowest BCUT2D eigenvalue weighted by atomic mass is 9.96. The van der Waals surface area contributed by atoms with Crippen molar-refractivity contribution in [2.75, 3.05) is 19.0 Å².